The average molecular weight is 488 g/mol. The number of rotatable bonds is 8. The molecule has 0 aliphatic carbocycles. The molecule has 0 spiro atoms. The maximum Gasteiger partial charge on any atom is 0.238 e. The lowest BCUT2D eigenvalue weighted by atomic mass is 10.0. The Kier molecular flexibility index (Phi) is 7.45. The number of nitrogens with zero attached hydrogens (tertiary/aromatic N) is 3. The summed E-state index contributed by atoms with van der Waals surface area (Å²) in [4.78, 5) is 23.3. The Morgan fingerprint density at radius 2 is 1.89 bits per heavy atom. The standard InChI is InChI=1S/C28H30FN5O2/c1-17(2)36-25-13-20(29)10-12-22(25)23-8-6-7-19-15-30-28(33-27(19)23)31-21-11-9-18(3)24(14-21)32-26(35)16-34(4)5/h6-15,17H,16H2,1-5H3,(H,32,35)(H,30,31,33). The Balaban J connectivity index is 1.68. The van der Waals surface area contributed by atoms with Gasteiger partial charge in [-0.1, -0.05) is 24.3 Å². The first-order chi connectivity index (χ1) is 17.2. The van der Waals surface area contributed by atoms with Gasteiger partial charge in [-0.15, -0.1) is 0 Å². The summed E-state index contributed by atoms with van der Waals surface area (Å²) >= 11 is 0. The highest BCUT2D eigenvalue weighted by Crippen LogP contribution is 2.36. The fourth-order valence-electron chi connectivity index (χ4n) is 3.84. The van der Waals surface area contributed by atoms with Gasteiger partial charge in [0.05, 0.1) is 18.2 Å². The number of halogens is 1. The minimum atomic E-state index is -0.362. The van der Waals surface area contributed by atoms with Crippen LogP contribution in [0.4, 0.5) is 21.7 Å². The van der Waals surface area contributed by atoms with Crippen LogP contribution in [0.1, 0.15) is 19.4 Å². The zero-order valence-electron chi connectivity index (χ0n) is 21.1. The van der Waals surface area contributed by atoms with E-state index in [9.17, 15) is 9.18 Å². The van der Waals surface area contributed by atoms with Gasteiger partial charge < -0.3 is 20.3 Å². The number of carbonyl (C=O) groups is 1. The molecule has 0 aliphatic heterocycles. The van der Waals surface area contributed by atoms with Crippen molar-refractivity contribution in [1.29, 1.82) is 0 Å². The van der Waals surface area contributed by atoms with Crippen molar-refractivity contribution in [3.63, 3.8) is 0 Å². The number of amides is 1. The monoisotopic (exact) mass is 487 g/mol. The molecule has 1 amide bonds. The third-order valence-electron chi connectivity index (χ3n) is 5.43. The predicted molar refractivity (Wildman–Crippen MR) is 142 cm³/mol. The van der Waals surface area contributed by atoms with Gasteiger partial charge in [0.1, 0.15) is 11.6 Å². The maximum atomic E-state index is 14.0. The van der Waals surface area contributed by atoms with Gasteiger partial charge in [-0.2, -0.15) is 0 Å². The molecule has 0 fully saturated rings. The molecule has 186 valence electrons. The maximum absolute atomic E-state index is 14.0. The summed E-state index contributed by atoms with van der Waals surface area (Å²) in [7, 11) is 3.69. The minimum absolute atomic E-state index is 0.0921. The molecule has 2 N–H and O–H groups in total. The molecule has 1 heterocycles. The van der Waals surface area contributed by atoms with Gasteiger partial charge in [0.15, 0.2) is 0 Å². The van der Waals surface area contributed by atoms with Gasteiger partial charge in [-0.05, 0) is 64.7 Å². The van der Waals surface area contributed by atoms with E-state index in [1.54, 1.807) is 12.3 Å². The van der Waals surface area contributed by atoms with Crippen molar-refractivity contribution in [2.45, 2.75) is 26.9 Å². The van der Waals surface area contributed by atoms with Gasteiger partial charge in [0.2, 0.25) is 11.9 Å². The van der Waals surface area contributed by atoms with Gasteiger partial charge in [0, 0.05) is 40.2 Å². The number of aryl methyl sites for hydroxylation is 1. The summed E-state index contributed by atoms with van der Waals surface area (Å²) in [6.07, 6.45) is 1.63. The van der Waals surface area contributed by atoms with E-state index in [4.69, 9.17) is 9.72 Å². The number of fused-ring (bicyclic) bond motifs is 1. The Morgan fingerprint density at radius 1 is 1.08 bits per heavy atom. The first-order valence-corrected chi connectivity index (χ1v) is 11.7. The Morgan fingerprint density at radius 3 is 2.64 bits per heavy atom. The lowest BCUT2D eigenvalue weighted by Gasteiger charge is -2.16. The van der Waals surface area contributed by atoms with Crippen molar-refractivity contribution in [2.24, 2.45) is 0 Å². The largest absolute Gasteiger partial charge is 0.490 e. The zero-order chi connectivity index (χ0) is 25.8. The highest BCUT2D eigenvalue weighted by atomic mass is 19.1. The highest BCUT2D eigenvalue weighted by molar-refractivity contribution is 5.96. The Hall–Kier alpha value is -4.04. The molecule has 1 aromatic heterocycles. The summed E-state index contributed by atoms with van der Waals surface area (Å²) < 4.78 is 19.9. The van der Waals surface area contributed by atoms with E-state index >= 15 is 0 Å². The molecule has 8 heteroatoms. The number of hydrogen-bond donors (Lipinski definition) is 2. The van der Waals surface area contributed by atoms with E-state index in [-0.39, 0.29) is 17.8 Å². The van der Waals surface area contributed by atoms with E-state index in [0.717, 1.165) is 33.5 Å². The van der Waals surface area contributed by atoms with Gasteiger partial charge in [-0.3, -0.25) is 4.79 Å². The Bertz CT molecular complexity index is 1400. The predicted octanol–water partition coefficient (Wildman–Crippen LogP) is 5.78. The van der Waals surface area contributed by atoms with Crippen LogP contribution in [0.3, 0.4) is 0 Å². The number of aromatic nitrogens is 2. The van der Waals surface area contributed by atoms with E-state index < -0.39 is 0 Å². The van der Waals surface area contributed by atoms with Crippen LogP contribution in [0.15, 0.2) is 60.8 Å². The molecule has 0 saturated heterocycles. The lowest BCUT2D eigenvalue weighted by Crippen LogP contribution is -2.27. The molecule has 7 nitrogen and oxygen atoms in total. The molecular weight excluding hydrogens is 457 g/mol. The van der Waals surface area contributed by atoms with Crippen LogP contribution < -0.4 is 15.4 Å². The molecule has 3 aromatic carbocycles. The molecule has 0 radical (unpaired) electrons. The van der Waals surface area contributed by atoms with Crippen molar-refractivity contribution in [1.82, 2.24) is 14.9 Å². The Labute approximate surface area is 210 Å². The molecule has 4 aromatic rings. The van der Waals surface area contributed by atoms with E-state index in [1.165, 1.54) is 12.1 Å². The number of hydrogen-bond acceptors (Lipinski definition) is 6. The molecule has 0 unspecified atom stereocenters. The van der Waals surface area contributed by atoms with Crippen LogP contribution in [-0.4, -0.2) is 47.5 Å². The van der Waals surface area contributed by atoms with Crippen LogP contribution >= 0.6 is 0 Å². The van der Waals surface area contributed by atoms with Gasteiger partial charge in [-0.25, -0.2) is 14.4 Å². The lowest BCUT2D eigenvalue weighted by molar-refractivity contribution is -0.116. The van der Waals surface area contributed by atoms with Crippen molar-refractivity contribution in [3.05, 3.63) is 72.2 Å². The van der Waals surface area contributed by atoms with Crippen LogP contribution in [0.2, 0.25) is 0 Å². The molecule has 0 aliphatic rings. The first-order valence-electron chi connectivity index (χ1n) is 11.7. The topological polar surface area (TPSA) is 79.4 Å². The van der Waals surface area contributed by atoms with E-state index in [2.05, 4.69) is 15.6 Å². The zero-order valence-corrected chi connectivity index (χ0v) is 21.1. The summed E-state index contributed by atoms with van der Waals surface area (Å²) in [5.74, 6) is 0.408. The van der Waals surface area contributed by atoms with Crippen molar-refractivity contribution >= 4 is 34.1 Å². The third kappa shape index (κ3) is 5.95. The number of para-hydroxylation sites is 1. The molecule has 4 rings (SSSR count). The minimum Gasteiger partial charge on any atom is -0.490 e. The molecule has 0 saturated carbocycles. The van der Waals surface area contributed by atoms with Crippen LogP contribution in [0.25, 0.3) is 22.0 Å². The van der Waals surface area contributed by atoms with Gasteiger partial charge in [0.25, 0.3) is 0 Å². The summed E-state index contributed by atoms with van der Waals surface area (Å²) in [6.45, 7) is 6.04. The van der Waals surface area contributed by atoms with Crippen molar-refractivity contribution < 1.29 is 13.9 Å². The normalized spacial score (nSPS) is 11.2. The number of likely N-dealkylation sites (N-methyl/N-ethyl adjacent to an activating group) is 1. The fourth-order valence-corrected chi connectivity index (χ4v) is 3.84. The summed E-state index contributed by atoms with van der Waals surface area (Å²) in [6, 6.07) is 16.0. The second kappa shape index (κ2) is 10.7. The molecule has 0 atom stereocenters. The van der Waals surface area contributed by atoms with Crippen LogP contribution in [-0.2, 0) is 4.79 Å². The number of anilines is 3. The smallest absolute Gasteiger partial charge is 0.238 e. The van der Waals surface area contributed by atoms with E-state index in [1.807, 2.05) is 76.2 Å². The molecular formula is C28H30FN5O2. The quantitative estimate of drug-likeness (QED) is 0.328. The third-order valence-corrected chi connectivity index (χ3v) is 5.43. The second-order valence-corrected chi connectivity index (χ2v) is 9.18. The summed E-state index contributed by atoms with van der Waals surface area (Å²) in [5.41, 5.74) is 4.68. The first kappa shape index (κ1) is 25.1. The van der Waals surface area contributed by atoms with Crippen molar-refractivity contribution in [3.8, 4) is 16.9 Å². The number of ether oxygens (including phenoxy) is 1. The fraction of sp³-hybridized carbons (Fsp3) is 0.250. The van der Waals surface area contributed by atoms with Crippen LogP contribution in [0, 0.1) is 12.7 Å². The summed E-state index contributed by atoms with van der Waals surface area (Å²) in [5, 5.41) is 7.03. The number of benzene rings is 3. The SMILES string of the molecule is Cc1ccc(Nc2ncc3cccc(-c4ccc(F)cc4OC(C)C)c3n2)cc1NC(=O)CN(C)C. The average Bonchev–Trinajstić information content (AvgIpc) is 2.80. The van der Waals surface area contributed by atoms with Crippen LogP contribution in [0.5, 0.6) is 5.75 Å². The van der Waals surface area contributed by atoms with E-state index in [0.29, 0.717) is 23.8 Å². The second-order valence-electron chi connectivity index (χ2n) is 9.18. The molecule has 0 bridgehead atoms. The number of nitrogens with one attached hydrogen (secondary N) is 2. The number of carbonyl (C=O) groups excluding carboxylic acids is 1. The van der Waals surface area contributed by atoms with Gasteiger partial charge >= 0.3 is 0 Å². The highest BCUT2D eigenvalue weighted by Gasteiger charge is 2.15. The molecule has 36 heavy (non-hydrogen) atoms. The van der Waals surface area contributed by atoms with Crippen molar-refractivity contribution in [2.75, 3.05) is 31.3 Å².